The van der Waals surface area contributed by atoms with Crippen molar-refractivity contribution in [2.24, 2.45) is 5.92 Å². The Morgan fingerprint density at radius 3 is 2.86 bits per heavy atom. The molecule has 1 aromatic carbocycles. The summed E-state index contributed by atoms with van der Waals surface area (Å²) in [5.41, 5.74) is 6.70. The Morgan fingerprint density at radius 2 is 2.14 bits per heavy atom. The van der Waals surface area contributed by atoms with Crippen LogP contribution in [-0.2, 0) is 4.74 Å². The number of nitrogen functional groups attached to an aromatic ring is 1. The average Bonchev–Trinajstić information content (AvgIpc) is 2.47. The summed E-state index contributed by atoms with van der Waals surface area (Å²) in [5.74, 6) is 0.805. The molecule has 1 fully saturated rings. The smallest absolute Gasteiger partial charge is 0.344 e. The Balaban J connectivity index is 2.09. The topological polar surface area (TPSA) is 61.5 Å². The highest BCUT2D eigenvalue weighted by Gasteiger charge is 2.26. The number of nitrogens with two attached hydrogens (primary N) is 1. The predicted octanol–water partition coefficient (Wildman–Crippen LogP) is 3.79. The van der Waals surface area contributed by atoms with Crippen molar-refractivity contribution in [2.45, 2.75) is 52.1 Å². The molecule has 0 spiro atoms. The molecule has 21 heavy (non-hydrogen) atoms. The first-order valence-corrected chi connectivity index (χ1v) is 7.87. The Hall–Kier alpha value is -1.71. The number of anilines is 1. The molecule has 2 atom stereocenters. The van der Waals surface area contributed by atoms with Crippen LogP contribution >= 0.6 is 0 Å². The van der Waals surface area contributed by atoms with Crippen molar-refractivity contribution in [3.63, 3.8) is 0 Å². The average molecular weight is 291 g/mol. The molecule has 2 unspecified atom stereocenters. The fraction of sp³-hybridized carbons (Fsp3) is 0.588. The molecule has 1 aromatic rings. The number of hydrogen-bond acceptors (Lipinski definition) is 4. The van der Waals surface area contributed by atoms with Crippen LogP contribution in [0, 0.1) is 5.92 Å². The lowest BCUT2D eigenvalue weighted by Gasteiger charge is -2.28. The number of benzene rings is 1. The molecule has 0 aromatic heterocycles. The molecule has 4 nitrogen and oxygen atoms in total. The van der Waals surface area contributed by atoms with Crippen molar-refractivity contribution in [1.82, 2.24) is 0 Å². The maximum Gasteiger partial charge on any atom is 0.344 e. The van der Waals surface area contributed by atoms with Gasteiger partial charge in [-0.05, 0) is 44.2 Å². The molecule has 116 valence electrons. The van der Waals surface area contributed by atoms with Crippen LogP contribution in [-0.4, -0.2) is 18.7 Å². The van der Waals surface area contributed by atoms with Crippen molar-refractivity contribution >= 4 is 11.7 Å². The molecule has 0 saturated heterocycles. The number of ether oxygens (including phenoxy) is 2. The largest absolute Gasteiger partial charge is 0.493 e. The highest BCUT2D eigenvalue weighted by atomic mass is 16.5. The summed E-state index contributed by atoms with van der Waals surface area (Å²) in [6.07, 6.45) is 5.41. The minimum absolute atomic E-state index is 0.00489. The summed E-state index contributed by atoms with van der Waals surface area (Å²) in [7, 11) is 0. The van der Waals surface area contributed by atoms with Gasteiger partial charge in [-0.3, -0.25) is 0 Å². The van der Waals surface area contributed by atoms with Gasteiger partial charge in [0, 0.05) is 5.69 Å². The lowest BCUT2D eigenvalue weighted by atomic mass is 9.85. The van der Waals surface area contributed by atoms with E-state index in [1.54, 1.807) is 18.2 Å². The number of hydrogen-bond donors (Lipinski definition) is 1. The van der Waals surface area contributed by atoms with E-state index in [0.29, 0.717) is 29.5 Å². The van der Waals surface area contributed by atoms with Gasteiger partial charge in [0.1, 0.15) is 17.4 Å². The normalized spacial score (nSPS) is 21.8. The first-order chi connectivity index (χ1) is 10.2. The van der Waals surface area contributed by atoms with Crippen LogP contribution in [0.15, 0.2) is 18.2 Å². The van der Waals surface area contributed by atoms with Gasteiger partial charge in [-0.2, -0.15) is 0 Å². The standard InChI is InChI=1S/C17H25NO3/c1-3-12-7-5-8-13(11-12)21-17(19)16-14(18)9-6-10-15(16)20-4-2/h6,9-10,12-13H,3-5,7-8,11,18H2,1-2H3. The van der Waals surface area contributed by atoms with E-state index in [0.717, 1.165) is 25.7 Å². The molecular formula is C17H25NO3. The maximum atomic E-state index is 12.4. The van der Waals surface area contributed by atoms with Gasteiger partial charge >= 0.3 is 5.97 Å². The zero-order chi connectivity index (χ0) is 15.2. The van der Waals surface area contributed by atoms with Gasteiger partial charge in [0.15, 0.2) is 0 Å². The Morgan fingerprint density at radius 1 is 1.33 bits per heavy atom. The van der Waals surface area contributed by atoms with Gasteiger partial charge in [-0.1, -0.05) is 25.8 Å². The van der Waals surface area contributed by atoms with Gasteiger partial charge in [0.2, 0.25) is 0 Å². The van der Waals surface area contributed by atoms with E-state index in [-0.39, 0.29) is 12.1 Å². The quantitative estimate of drug-likeness (QED) is 0.662. The maximum absolute atomic E-state index is 12.4. The van der Waals surface area contributed by atoms with Crippen LogP contribution in [0.1, 0.15) is 56.3 Å². The molecule has 0 amide bonds. The highest BCUT2D eigenvalue weighted by molar-refractivity contribution is 5.98. The third kappa shape index (κ3) is 3.90. The molecule has 4 heteroatoms. The monoisotopic (exact) mass is 291 g/mol. The SMILES string of the molecule is CCOc1cccc(N)c1C(=O)OC1CCCC(CC)C1. The Kier molecular flexibility index (Phi) is 5.48. The highest BCUT2D eigenvalue weighted by Crippen LogP contribution is 2.31. The summed E-state index contributed by atoms with van der Waals surface area (Å²) in [6.45, 7) is 4.56. The van der Waals surface area contributed by atoms with Crippen molar-refractivity contribution in [2.75, 3.05) is 12.3 Å². The summed E-state index contributed by atoms with van der Waals surface area (Å²) < 4.78 is 11.2. The van der Waals surface area contributed by atoms with E-state index in [4.69, 9.17) is 15.2 Å². The van der Waals surface area contributed by atoms with Gasteiger partial charge < -0.3 is 15.2 Å². The van der Waals surface area contributed by atoms with Crippen molar-refractivity contribution in [3.05, 3.63) is 23.8 Å². The molecule has 0 aliphatic heterocycles. The molecule has 1 aliphatic carbocycles. The molecule has 2 N–H and O–H groups in total. The number of rotatable bonds is 5. The number of esters is 1. The Bertz CT molecular complexity index is 487. The van der Waals surface area contributed by atoms with Crippen LogP contribution in [0.3, 0.4) is 0 Å². The Labute approximate surface area is 126 Å². The van der Waals surface area contributed by atoms with Gasteiger partial charge in [0.25, 0.3) is 0 Å². The lowest BCUT2D eigenvalue weighted by molar-refractivity contribution is 0.0137. The molecule has 1 aliphatic rings. The zero-order valence-electron chi connectivity index (χ0n) is 12.9. The van der Waals surface area contributed by atoms with Gasteiger partial charge in [0.05, 0.1) is 6.61 Å². The molecule has 0 radical (unpaired) electrons. The molecule has 0 bridgehead atoms. The van der Waals surface area contributed by atoms with Gasteiger partial charge in [-0.15, -0.1) is 0 Å². The van der Waals surface area contributed by atoms with Crippen LogP contribution in [0.2, 0.25) is 0 Å². The lowest BCUT2D eigenvalue weighted by Crippen LogP contribution is -2.26. The first-order valence-electron chi connectivity index (χ1n) is 7.87. The molecule has 1 saturated carbocycles. The summed E-state index contributed by atoms with van der Waals surface area (Å²) >= 11 is 0. The van der Waals surface area contributed by atoms with E-state index in [2.05, 4.69) is 6.92 Å². The van der Waals surface area contributed by atoms with Crippen molar-refractivity contribution in [3.8, 4) is 5.75 Å². The second-order valence-electron chi connectivity index (χ2n) is 5.62. The second-order valence-corrected chi connectivity index (χ2v) is 5.62. The van der Waals surface area contributed by atoms with E-state index < -0.39 is 0 Å². The number of carbonyl (C=O) groups is 1. The zero-order valence-corrected chi connectivity index (χ0v) is 12.9. The molecule has 0 heterocycles. The summed E-state index contributed by atoms with van der Waals surface area (Å²) in [4.78, 5) is 12.4. The fourth-order valence-corrected chi connectivity index (χ4v) is 2.97. The minimum Gasteiger partial charge on any atom is -0.493 e. The van der Waals surface area contributed by atoms with Crippen molar-refractivity contribution < 1.29 is 14.3 Å². The summed E-state index contributed by atoms with van der Waals surface area (Å²) in [6, 6.07) is 5.24. The predicted molar refractivity (Wildman–Crippen MR) is 83.5 cm³/mol. The third-order valence-corrected chi connectivity index (χ3v) is 4.15. The van der Waals surface area contributed by atoms with Crippen LogP contribution in [0.5, 0.6) is 5.75 Å². The van der Waals surface area contributed by atoms with E-state index in [1.165, 1.54) is 6.42 Å². The van der Waals surface area contributed by atoms with Crippen LogP contribution < -0.4 is 10.5 Å². The van der Waals surface area contributed by atoms with Crippen molar-refractivity contribution in [1.29, 1.82) is 0 Å². The fourth-order valence-electron chi connectivity index (χ4n) is 2.97. The van der Waals surface area contributed by atoms with E-state index >= 15 is 0 Å². The van der Waals surface area contributed by atoms with E-state index in [1.807, 2.05) is 6.92 Å². The molecular weight excluding hydrogens is 266 g/mol. The van der Waals surface area contributed by atoms with Crippen LogP contribution in [0.25, 0.3) is 0 Å². The third-order valence-electron chi connectivity index (χ3n) is 4.15. The minimum atomic E-state index is -0.363. The second kappa shape index (κ2) is 7.34. The van der Waals surface area contributed by atoms with Gasteiger partial charge in [-0.25, -0.2) is 4.79 Å². The first kappa shape index (κ1) is 15.7. The number of carbonyl (C=O) groups excluding carboxylic acids is 1. The molecule has 2 rings (SSSR count). The van der Waals surface area contributed by atoms with Crippen LogP contribution in [0.4, 0.5) is 5.69 Å². The van der Waals surface area contributed by atoms with E-state index in [9.17, 15) is 4.79 Å². The summed E-state index contributed by atoms with van der Waals surface area (Å²) in [5, 5.41) is 0.